The number of nitrogens with zero attached hydrogens (tertiary/aromatic N) is 1. The maximum Gasteiger partial charge on any atom is 0.458 e. The molecule has 0 aliphatic rings. The van der Waals surface area contributed by atoms with E-state index in [-0.39, 0.29) is 24.3 Å². The number of carbonyl (C=O) groups excluding carboxylic acids is 3. The number of ketones is 2. The predicted octanol–water partition coefficient (Wildman–Crippen LogP) is 5.15. The van der Waals surface area contributed by atoms with Gasteiger partial charge in [0.1, 0.15) is 0 Å². The molecule has 0 spiro atoms. The van der Waals surface area contributed by atoms with Crippen LogP contribution in [0, 0.1) is 5.92 Å². The smallest absolute Gasteiger partial charge is 0.383 e. The third-order valence-electron chi connectivity index (χ3n) is 4.68. The van der Waals surface area contributed by atoms with E-state index >= 15 is 0 Å². The van der Waals surface area contributed by atoms with Crippen molar-refractivity contribution in [1.82, 2.24) is 10.3 Å². The van der Waals surface area contributed by atoms with Gasteiger partial charge in [-0.05, 0) is 42.3 Å². The van der Waals surface area contributed by atoms with E-state index in [1.54, 1.807) is 18.3 Å². The van der Waals surface area contributed by atoms with Crippen molar-refractivity contribution in [3.05, 3.63) is 59.9 Å². The van der Waals surface area contributed by atoms with Gasteiger partial charge in [0.25, 0.3) is 0 Å². The summed E-state index contributed by atoms with van der Waals surface area (Å²) in [4.78, 5) is 35.5. The first kappa shape index (κ1) is 32.4. The monoisotopic (exact) mass is 559 g/mol. The first-order chi connectivity index (χ1) is 17.3. The molecule has 2 aromatic rings. The minimum Gasteiger partial charge on any atom is -0.383 e. The third kappa shape index (κ3) is 11.2. The average molecular weight is 559 g/mol. The second-order valence-corrected chi connectivity index (χ2v) is 8.03. The van der Waals surface area contributed by atoms with Gasteiger partial charge < -0.3 is 10.6 Å². The van der Waals surface area contributed by atoms with Crippen LogP contribution in [-0.2, 0) is 27.0 Å². The number of aromatic nitrogens is 1. The van der Waals surface area contributed by atoms with Gasteiger partial charge in [-0.2, -0.15) is 39.5 Å². The number of rotatable bonds is 8. The van der Waals surface area contributed by atoms with Crippen LogP contribution in [0.5, 0.6) is 0 Å². The molecule has 2 rings (SSSR count). The Hall–Kier alpha value is -3.65. The molecule has 1 aromatic heterocycles. The molecule has 1 aromatic carbocycles. The van der Waals surface area contributed by atoms with Gasteiger partial charge in [-0.1, -0.05) is 19.9 Å². The highest BCUT2D eigenvalue weighted by Gasteiger charge is 2.54. The van der Waals surface area contributed by atoms with Gasteiger partial charge in [0.2, 0.25) is 5.91 Å². The lowest BCUT2D eigenvalue weighted by atomic mass is 10.0. The molecule has 0 radical (unpaired) electrons. The highest BCUT2D eigenvalue weighted by atomic mass is 19.4. The molecule has 6 nitrogen and oxygen atoms in total. The summed E-state index contributed by atoms with van der Waals surface area (Å²) in [6.07, 6.45) is -14.1. The molecule has 38 heavy (non-hydrogen) atoms. The van der Waals surface area contributed by atoms with Crippen molar-refractivity contribution in [3.63, 3.8) is 0 Å². The maximum atomic E-state index is 12.6. The molecule has 0 fully saturated rings. The zero-order chi connectivity index (χ0) is 29.3. The number of carbonyl (C=O) groups is 3. The van der Waals surface area contributed by atoms with E-state index in [1.807, 2.05) is 19.9 Å². The number of anilines is 1. The molecule has 0 aliphatic carbocycles. The largest absolute Gasteiger partial charge is 0.458 e. The number of alkyl halides is 9. The first-order valence-electron chi connectivity index (χ1n) is 10.7. The molecular weight excluding hydrogens is 537 g/mol. The normalized spacial score (nSPS) is 12.7. The first-order valence-corrected chi connectivity index (χ1v) is 10.7. The van der Waals surface area contributed by atoms with Crippen LogP contribution < -0.4 is 10.6 Å². The Bertz CT molecular complexity index is 1040. The summed E-state index contributed by atoms with van der Waals surface area (Å²) < 4.78 is 105. The fourth-order valence-electron chi connectivity index (χ4n) is 2.64. The fourth-order valence-corrected chi connectivity index (χ4v) is 2.64. The zero-order valence-corrected chi connectivity index (χ0v) is 19.8. The molecule has 1 atom stereocenters. The Balaban J connectivity index is 0.000000508. The Morgan fingerprint density at radius 3 is 1.74 bits per heavy atom. The van der Waals surface area contributed by atoms with Gasteiger partial charge in [0.05, 0.1) is 12.0 Å². The van der Waals surface area contributed by atoms with Gasteiger partial charge in [0.15, 0.2) is 0 Å². The van der Waals surface area contributed by atoms with Crippen molar-refractivity contribution >= 4 is 23.2 Å². The molecule has 0 aliphatic heterocycles. The van der Waals surface area contributed by atoms with Crippen molar-refractivity contribution in [2.45, 2.75) is 44.8 Å². The standard InChI is InChI=1S/C19H22F3N3O.C4F6O2/c1-13(2)17(25-18(26)11-16-5-3-4-10-23-16)12-24-15-8-6-14(7-9-15)19(20,21)22;5-3(6,7)1(11)2(12)4(8,9)10/h3-10,13,17,24H,11-12H2,1-2H3,(H,25,26);/t17-;/m0./s1. The van der Waals surface area contributed by atoms with Crippen LogP contribution in [0.2, 0.25) is 0 Å². The van der Waals surface area contributed by atoms with E-state index in [4.69, 9.17) is 0 Å². The summed E-state index contributed by atoms with van der Waals surface area (Å²) in [5.41, 5.74) is 0.568. The molecule has 15 heteroatoms. The number of amides is 1. The summed E-state index contributed by atoms with van der Waals surface area (Å²) in [5.74, 6) is -6.80. The van der Waals surface area contributed by atoms with Crippen LogP contribution in [0.15, 0.2) is 48.7 Å². The molecule has 2 N–H and O–H groups in total. The minimum atomic E-state index is -5.77. The van der Waals surface area contributed by atoms with E-state index in [0.717, 1.165) is 12.1 Å². The minimum absolute atomic E-state index is 0.142. The van der Waals surface area contributed by atoms with Crippen LogP contribution in [-0.4, -0.2) is 47.4 Å². The van der Waals surface area contributed by atoms with Gasteiger partial charge >= 0.3 is 30.1 Å². The zero-order valence-electron chi connectivity index (χ0n) is 19.8. The number of hydrogen-bond donors (Lipinski definition) is 2. The van der Waals surface area contributed by atoms with Gasteiger partial charge in [-0.3, -0.25) is 19.4 Å². The molecule has 0 saturated carbocycles. The van der Waals surface area contributed by atoms with Gasteiger partial charge in [-0.25, -0.2) is 0 Å². The van der Waals surface area contributed by atoms with Gasteiger partial charge in [-0.15, -0.1) is 0 Å². The molecule has 210 valence electrons. The lowest BCUT2D eigenvalue weighted by Gasteiger charge is -2.23. The van der Waals surface area contributed by atoms with Crippen LogP contribution in [0.25, 0.3) is 0 Å². The molecule has 0 unspecified atom stereocenters. The number of hydrogen-bond acceptors (Lipinski definition) is 5. The predicted molar refractivity (Wildman–Crippen MR) is 117 cm³/mol. The number of pyridine rings is 1. The SMILES string of the molecule is CC(C)[C@H](CNc1ccc(C(F)(F)F)cc1)NC(=O)Cc1ccccn1.O=C(C(=O)C(F)(F)F)C(F)(F)F. The Labute approximate surface area is 210 Å². The van der Waals surface area contributed by atoms with Crippen molar-refractivity contribution in [3.8, 4) is 0 Å². The Morgan fingerprint density at radius 2 is 1.34 bits per heavy atom. The highest BCUT2D eigenvalue weighted by Crippen LogP contribution is 2.30. The van der Waals surface area contributed by atoms with Crippen molar-refractivity contribution in [2.24, 2.45) is 5.92 Å². The van der Waals surface area contributed by atoms with Crippen LogP contribution in [0.1, 0.15) is 25.1 Å². The maximum absolute atomic E-state index is 12.6. The Kier molecular flexibility index (Phi) is 11.3. The van der Waals surface area contributed by atoms with Crippen molar-refractivity contribution < 1.29 is 53.9 Å². The summed E-state index contributed by atoms with van der Waals surface area (Å²) in [7, 11) is 0. The molecule has 1 heterocycles. The van der Waals surface area contributed by atoms with Crippen LogP contribution >= 0.6 is 0 Å². The molecule has 0 saturated heterocycles. The topological polar surface area (TPSA) is 88.2 Å². The average Bonchev–Trinajstić information content (AvgIpc) is 2.80. The number of benzene rings is 1. The number of halogens is 9. The van der Waals surface area contributed by atoms with Crippen molar-refractivity contribution in [1.29, 1.82) is 0 Å². The Morgan fingerprint density at radius 1 is 0.816 bits per heavy atom. The van der Waals surface area contributed by atoms with E-state index in [9.17, 15) is 53.9 Å². The summed E-state index contributed by atoms with van der Waals surface area (Å²) in [6, 6.07) is 10.1. The fraction of sp³-hybridized carbons (Fsp3) is 0.391. The van der Waals surface area contributed by atoms with E-state index < -0.39 is 35.7 Å². The molecular formula is C23H22F9N3O3. The lowest BCUT2D eigenvalue weighted by Crippen LogP contribution is -2.43. The summed E-state index contributed by atoms with van der Waals surface area (Å²) in [5, 5.41) is 6.03. The van der Waals surface area contributed by atoms with Crippen LogP contribution in [0.4, 0.5) is 45.2 Å². The second-order valence-electron chi connectivity index (χ2n) is 8.03. The number of Topliss-reactive ketones (excluding diaryl/α,β-unsaturated/α-hetero) is 2. The number of nitrogens with one attached hydrogen (secondary N) is 2. The molecule has 0 bridgehead atoms. The summed E-state index contributed by atoms with van der Waals surface area (Å²) >= 11 is 0. The molecule has 1 amide bonds. The second kappa shape index (κ2) is 13.2. The van der Waals surface area contributed by atoms with Gasteiger partial charge in [0, 0.05) is 30.2 Å². The van der Waals surface area contributed by atoms with E-state index in [0.29, 0.717) is 17.9 Å². The van der Waals surface area contributed by atoms with Crippen LogP contribution in [0.3, 0.4) is 0 Å². The quantitative estimate of drug-likeness (QED) is 0.345. The van der Waals surface area contributed by atoms with E-state index in [1.165, 1.54) is 12.1 Å². The van der Waals surface area contributed by atoms with Crippen molar-refractivity contribution in [2.75, 3.05) is 11.9 Å². The highest BCUT2D eigenvalue weighted by molar-refractivity contribution is 6.41. The van der Waals surface area contributed by atoms with E-state index in [2.05, 4.69) is 15.6 Å². The third-order valence-corrected chi connectivity index (χ3v) is 4.68. The summed E-state index contributed by atoms with van der Waals surface area (Å²) in [6.45, 7) is 4.36. The lowest BCUT2D eigenvalue weighted by molar-refractivity contribution is -0.193.